The first-order valence-electron chi connectivity index (χ1n) is 4.41. The summed E-state index contributed by atoms with van der Waals surface area (Å²) in [5, 5.41) is 13.5. The minimum absolute atomic E-state index is 0.0147. The van der Waals surface area contributed by atoms with Crippen LogP contribution in [-0.4, -0.2) is 28.1 Å². The molecular weight excluding hydrogens is 228 g/mol. The van der Waals surface area contributed by atoms with Gasteiger partial charge in [0.2, 0.25) is 0 Å². The van der Waals surface area contributed by atoms with Crippen LogP contribution in [-0.2, 0) is 0 Å². The van der Waals surface area contributed by atoms with E-state index in [4.69, 9.17) is 4.74 Å². The highest BCUT2D eigenvalue weighted by molar-refractivity contribution is 7.09. The molecule has 0 aliphatic heterocycles. The van der Waals surface area contributed by atoms with Crippen LogP contribution in [0.15, 0.2) is 18.2 Å². The number of phenolic OH excluding ortho intramolecular Hbond substituents is 1. The quantitative estimate of drug-likeness (QED) is 0.821. The van der Waals surface area contributed by atoms with Crippen molar-refractivity contribution in [2.24, 2.45) is 0 Å². The van der Waals surface area contributed by atoms with E-state index in [1.54, 1.807) is 18.2 Å². The Balaban J connectivity index is 2.60. The maximum atomic E-state index is 10.7. The number of aldehydes is 1. The van der Waals surface area contributed by atoms with E-state index in [0.717, 1.165) is 11.5 Å². The lowest BCUT2D eigenvalue weighted by Crippen LogP contribution is -1.88. The molecule has 6 heteroatoms. The predicted molar refractivity (Wildman–Crippen MR) is 58.9 cm³/mol. The van der Waals surface area contributed by atoms with Gasteiger partial charge < -0.3 is 9.84 Å². The van der Waals surface area contributed by atoms with Crippen molar-refractivity contribution in [3.63, 3.8) is 0 Å². The highest BCUT2D eigenvalue weighted by atomic mass is 32.1. The number of phenols is 1. The maximum absolute atomic E-state index is 10.7. The minimum Gasteiger partial charge on any atom is -0.504 e. The molecule has 0 radical (unpaired) electrons. The smallest absolute Gasteiger partial charge is 0.171 e. The predicted octanol–water partition coefficient (Wildman–Crippen LogP) is 1.73. The summed E-state index contributed by atoms with van der Waals surface area (Å²) in [6, 6.07) is 5.04. The molecule has 0 saturated heterocycles. The van der Waals surface area contributed by atoms with Gasteiger partial charge in [-0.3, -0.25) is 4.79 Å². The average molecular weight is 236 g/mol. The van der Waals surface area contributed by atoms with Crippen LogP contribution in [0.1, 0.15) is 10.5 Å². The topological polar surface area (TPSA) is 72.3 Å². The van der Waals surface area contributed by atoms with Gasteiger partial charge in [-0.25, -0.2) is 0 Å². The highest BCUT2D eigenvalue weighted by Crippen LogP contribution is 2.38. The summed E-state index contributed by atoms with van der Waals surface area (Å²) in [6.45, 7) is 0. The van der Waals surface area contributed by atoms with Crippen LogP contribution in [0.3, 0.4) is 0 Å². The zero-order valence-corrected chi connectivity index (χ0v) is 9.19. The second-order valence-electron chi connectivity index (χ2n) is 2.96. The third-order valence-electron chi connectivity index (χ3n) is 2.09. The summed E-state index contributed by atoms with van der Waals surface area (Å²) in [5.74, 6) is 0.335. The number of aromatic hydroxyl groups is 1. The molecule has 0 unspecified atom stereocenters. The number of para-hydroxylation sites is 1. The lowest BCUT2D eigenvalue weighted by atomic mass is 10.1. The second kappa shape index (κ2) is 4.28. The van der Waals surface area contributed by atoms with Crippen molar-refractivity contribution in [2.75, 3.05) is 7.11 Å². The van der Waals surface area contributed by atoms with Gasteiger partial charge in [0, 0.05) is 5.56 Å². The molecule has 0 amide bonds. The lowest BCUT2D eigenvalue weighted by molar-refractivity contribution is 0.111. The third kappa shape index (κ3) is 1.63. The van der Waals surface area contributed by atoms with E-state index >= 15 is 0 Å². The zero-order valence-electron chi connectivity index (χ0n) is 8.38. The Kier molecular flexibility index (Phi) is 2.82. The molecule has 1 heterocycles. The fraction of sp³-hybridized carbons (Fsp3) is 0.100. The van der Waals surface area contributed by atoms with Gasteiger partial charge in [-0.1, -0.05) is 10.6 Å². The number of methoxy groups -OCH3 is 1. The van der Waals surface area contributed by atoms with Crippen molar-refractivity contribution in [3.8, 4) is 21.9 Å². The number of ether oxygens (including phenoxy) is 1. The fourth-order valence-electron chi connectivity index (χ4n) is 1.33. The zero-order chi connectivity index (χ0) is 11.5. The first kappa shape index (κ1) is 10.6. The van der Waals surface area contributed by atoms with Crippen molar-refractivity contribution >= 4 is 17.8 Å². The van der Waals surface area contributed by atoms with Crippen molar-refractivity contribution < 1.29 is 14.6 Å². The van der Waals surface area contributed by atoms with Crippen LogP contribution < -0.4 is 4.74 Å². The van der Waals surface area contributed by atoms with Gasteiger partial charge in [0.15, 0.2) is 17.8 Å². The van der Waals surface area contributed by atoms with Gasteiger partial charge >= 0.3 is 0 Å². The minimum atomic E-state index is -0.0147. The first-order valence-corrected chi connectivity index (χ1v) is 5.19. The molecule has 5 nitrogen and oxygen atoms in total. The molecule has 1 aromatic heterocycles. The van der Waals surface area contributed by atoms with Crippen molar-refractivity contribution in [1.29, 1.82) is 0 Å². The standard InChI is InChI=1S/C10H8N2O3S/c1-15-8-4-2-3-6(9(8)14)10-7(5-13)11-12-16-10/h2-5,14H,1H3. The summed E-state index contributed by atoms with van der Waals surface area (Å²) < 4.78 is 8.66. The molecule has 16 heavy (non-hydrogen) atoms. The molecule has 0 bridgehead atoms. The van der Waals surface area contributed by atoms with Crippen LogP contribution in [0.5, 0.6) is 11.5 Å². The largest absolute Gasteiger partial charge is 0.504 e. The van der Waals surface area contributed by atoms with Crippen molar-refractivity contribution in [2.45, 2.75) is 0 Å². The SMILES string of the molecule is COc1cccc(-c2snnc2C=O)c1O. The summed E-state index contributed by atoms with van der Waals surface area (Å²) in [5.41, 5.74) is 0.713. The van der Waals surface area contributed by atoms with Gasteiger partial charge in [-0.15, -0.1) is 5.10 Å². The Bertz CT molecular complexity index is 525. The molecule has 0 spiro atoms. The van der Waals surface area contributed by atoms with Crippen LogP contribution in [0, 0.1) is 0 Å². The van der Waals surface area contributed by atoms with E-state index in [0.29, 0.717) is 22.5 Å². The Morgan fingerprint density at radius 2 is 2.31 bits per heavy atom. The monoisotopic (exact) mass is 236 g/mol. The first-order chi connectivity index (χ1) is 7.77. The fourth-order valence-corrected chi connectivity index (χ4v) is 1.99. The van der Waals surface area contributed by atoms with Crippen molar-refractivity contribution in [3.05, 3.63) is 23.9 Å². The van der Waals surface area contributed by atoms with E-state index in [1.807, 2.05) is 0 Å². The van der Waals surface area contributed by atoms with Crippen LogP contribution >= 0.6 is 11.5 Å². The van der Waals surface area contributed by atoms with E-state index < -0.39 is 0 Å². The van der Waals surface area contributed by atoms with E-state index in [9.17, 15) is 9.90 Å². The van der Waals surface area contributed by atoms with Crippen molar-refractivity contribution in [1.82, 2.24) is 9.59 Å². The number of carbonyl (C=O) groups is 1. The normalized spacial score (nSPS) is 10.1. The molecular formula is C10H8N2O3S. The molecule has 0 fully saturated rings. The molecule has 1 N–H and O–H groups in total. The molecule has 82 valence electrons. The number of hydrogen-bond acceptors (Lipinski definition) is 6. The molecule has 2 aromatic rings. The number of hydrogen-bond donors (Lipinski definition) is 1. The van der Waals surface area contributed by atoms with Gasteiger partial charge in [0.1, 0.15) is 5.69 Å². The molecule has 0 atom stereocenters. The number of aromatic nitrogens is 2. The van der Waals surface area contributed by atoms with Gasteiger partial charge in [0.25, 0.3) is 0 Å². The molecule has 0 saturated carbocycles. The summed E-state index contributed by atoms with van der Waals surface area (Å²) >= 11 is 1.05. The maximum Gasteiger partial charge on any atom is 0.171 e. The summed E-state index contributed by atoms with van der Waals surface area (Å²) in [6.07, 6.45) is 0.609. The summed E-state index contributed by atoms with van der Waals surface area (Å²) in [7, 11) is 1.46. The Labute approximate surface area is 95.5 Å². The van der Waals surface area contributed by atoms with E-state index in [2.05, 4.69) is 9.59 Å². The second-order valence-corrected chi connectivity index (χ2v) is 3.72. The number of rotatable bonds is 3. The van der Waals surface area contributed by atoms with Gasteiger partial charge in [-0.2, -0.15) is 0 Å². The molecule has 0 aliphatic carbocycles. The lowest BCUT2D eigenvalue weighted by Gasteiger charge is -2.06. The third-order valence-corrected chi connectivity index (χ3v) is 2.86. The highest BCUT2D eigenvalue weighted by Gasteiger charge is 2.15. The number of carbonyl (C=O) groups excluding carboxylic acids is 1. The Morgan fingerprint density at radius 1 is 1.50 bits per heavy atom. The number of nitrogens with zero attached hydrogens (tertiary/aromatic N) is 2. The van der Waals surface area contributed by atoms with E-state index in [-0.39, 0.29) is 11.4 Å². The molecule has 1 aromatic carbocycles. The van der Waals surface area contributed by atoms with Crippen LogP contribution in [0.2, 0.25) is 0 Å². The molecule has 0 aliphatic rings. The van der Waals surface area contributed by atoms with Crippen LogP contribution in [0.25, 0.3) is 10.4 Å². The number of benzene rings is 1. The molecule has 2 rings (SSSR count). The summed E-state index contributed by atoms with van der Waals surface area (Å²) in [4.78, 5) is 11.3. The van der Waals surface area contributed by atoms with E-state index in [1.165, 1.54) is 7.11 Å². The average Bonchev–Trinajstić information content (AvgIpc) is 2.77. The van der Waals surface area contributed by atoms with Crippen LogP contribution in [0.4, 0.5) is 0 Å². The van der Waals surface area contributed by atoms with Gasteiger partial charge in [-0.05, 0) is 23.7 Å². The van der Waals surface area contributed by atoms with Gasteiger partial charge in [0.05, 0.1) is 12.0 Å². The Hall–Kier alpha value is -1.95. The Morgan fingerprint density at radius 3 is 3.00 bits per heavy atom.